The van der Waals surface area contributed by atoms with Crippen LogP contribution in [0.25, 0.3) is 11.1 Å². The molecular weight excluding hydrogens is 305 g/mol. The molecule has 0 fully saturated rings. The predicted molar refractivity (Wildman–Crippen MR) is 81.7 cm³/mol. The fourth-order valence-electron chi connectivity index (χ4n) is 2.11. The lowest BCUT2D eigenvalue weighted by Crippen LogP contribution is -2.11. The van der Waals surface area contributed by atoms with Gasteiger partial charge in [-0.15, -0.1) is 0 Å². The minimum Gasteiger partial charge on any atom is -0.313 e. The molecule has 0 aliphatic heterocycles. The average molecular weight is 322 g/mol. The maximum absolute atomic E-state index is 13.9. The summed E-state index contributed by atoms with van der Waals surface area (Å²) in [5.74, 6) is -0.189. The quantitative estimate of drug-likeness (QED) is 0.862. The second-order valence-corrected chi connectivity index (χ2v) is 5.47. The standard InChI is InChI=1S/C16H17BrFN/c1-3-19-10-12-4-6-14(11(2)8-12)15-9-13(17)5-7-16(15)18/h4-9,19H,3,10H2,1-2H3. The van der Waals surface area contributed by atoms with E-state index in [2.05, 4.69) is 34.2 Å². The van der Waals surface area contributed by atoms with E-state index in [9.17, 15) is 4.39 Å². The van der Waals surface area contributed by atoms with E-state index in [1.54, 1.807) is 6.07 Å². The van der Waals surface area contributed by atoms with Gasteiger partial charge < -0.3 is 5.32 Å². The van der Waals surface area contributed by atoms with Gasteiger partial charge in [-0.25, -0.2) is 4.39 Å². The van der Waals surface area contributed by atoms with Crippen LogP contribution in [0.15, 0.2) is 40.9 Å². The number of benzene rings is 2. The highest BCUT2D eigenvalue weighted by molar-refractivity contribution is 9.10. The minimum absolute atomic E-state index is 0.189. The molecule has 0 heterocycles. The molecule has 0 amide bonds. The highest BCUT2D eigenvalue weighted by atomic mass is 79.9. The number of rotatable bonds is 4. The SMILES string of the molecule is CCNCc1ccc(-c2cc(Br)ccc2F)c(C)c1. The summed E-state index contributed by atoms with van der Waals surface area (Å²) in [7, 11) is 0. The second-order valence-electron chi connectivity index (χ2n) is 4.55. The van der Waals surface area contributed by atoms with Gasteiger partial charge in [0.2, 0.25) is 0 Å². The Morgan fingerprint density at radius 1 is 1.11 bits per heavy atom. The molecule has 2 rings (SSSR count). The maximum Gasteiger partial charge on any atom is 0.131 e. The first kappa shape index (κ1) is 14.2. The van der Waals surface area contributed by atoms with Crippen LogP contribution in [0.4, 0.5) is 4.39 Å². The van der Waals surface area contributed by atoms with Gasteiger partial charge in [-0.2, -0.15) is 0 Å². The fourth-order valence-corrected chi connectivity index (χ4v) is 2.47. The average Bonchev–Trinajstić information content (AvgIpc) is 2.40. The number of hydrogen-bond donors (Lipinski definition) is 1. The van der Waals surface area contributed by atoms with Crippen molar-refractivity contribution in [3.8, 4) is 11.1 Å². The largest absolute Gasteiger partial charge is 0.313 e. The molecule has 0 spiro atoms. The molecule has 0 aliphatic rings. The molecular formula is C16H17BrFN. The molecule has 3 heteroatoms. The van der Waals surface area contributed by atoms with Gasteiger partial charge in [-0.05, 0) is 48.4 Å². The zero-order valence-electron chi connectivity index (χ0n) is 11.1. The van der Waals surface area contributed by atoms with Crippen molar-refractivity contribution < 1.29 is 4.39 Å². The lowest BCUT2D eigenvalue weighted by Gasteiger charge is -2.10. The van der Waals surface area contributed by atoms with Gasteiger partial charge >= 0.3 is 0 Å². The van der Waals surface area contributed by atoms with Crippen LogP contribution >= 0.6 is 15.9 Å². The number of aryl methyl sites for hydroxylation is 1. The van der Waals surface area contributed by atoms with Crippen LogP contribution in [0.1, 0.15) is 18.1 Å². The molecule has 2 aromatic rings. The van der Waals surface area contributed by atoms with Crippen molar-refractivity contribution >= 4 is 15.9 Å². The summed E-state index contributed by atoms with van der Waals surface area (Å²) in [4.78, 5) is 0. The molecule has 0 atom stereocenters. The molecule has 0 unspecified atom stereocenters. The van der Waals surface area contributed by atoms with Crippen LogP contribution in [0.2, 0.25) is 0 Å². The van der Waals surface area contributed by atoms with E-state index >= 15 is 0 Å². The smallest absolute Gasteiger partial charge is 0.131 e. The summed E-state index contributed by atoms with van der Waals surface area (Å²) in [6.45, 7) is 5.89. The lowest BCUT2D eigenvalue weighted by molar-refractivity contribution is 0.631. The van der Waals surface area contributed by atoms with E-state index < -0.39 is 0 Å². The fraction of sp³-hybridized carbons (Fsp3) is 0.250. The molecule has 19 heavy (non-hydrogen) atoms. The second kappa shape index (κ2) is 6.31. The van der Waals surface area contributed by atoms with Crippen molar-refractivity contribution in [2.75, 3.05) is 6.54 Å². The zero-order valence-corrected chi connectivity index (χ0v) is 12.7. The van der Waals surface area contributed by atoms with Gasteiger partial charge in [-0.1, -0.05) is 41.1 Å². The van der Waals surface area contributed by atoms with Gasteiger partial charge in [0.15, 0.2) is 0 Å². The lowest BCUT2D eigenvalue weighted by atomic mass is 9.98. The summed E-state index contributed by atoms with van der Waals surface area (Å²) < 4.78 is 14.8. The Hall–Kier alpha value is -1.19. The Morgan fingerprint density at radius 2 is 1.89 bits per heavy atom. The maximum atomic E-state index is 13.9. The molecule has 0 saturated heterocycles. The van der Waals surface area contributed by atoms with Crippen molar-refractivity contribution in [1.82, 2.24) is 5.32 Å². The van der Waals surface area contributed by atoms with Crippen molar-refractivity contribution in [2.45, 2.75) is 20.4 Å². The molecule has 0 saturated carbocycles. The summed E-state index contributed by atoms with van der Waals surface area (Å²) in [6, 6.07) is 11.2. The van der Waals surface area contributed by atoms with Crippen LogP contribution < -0.4 is 5.32 Å². The Kier molecular flexibility index (Phi) is 4.72. The molecule has 0 aliphatic carbocycles. The topological polar surface area (TPSA) is 12.0 Å². The monoisotopic (exact) mass is 321 g/mol. The Morgan fingerprint density at radius 3 is 2.58 bits per heavy atom. The third-order valence-electron chi connectivity index (χ3n) is 3.09. The minimum atomic E-state index is -0.189. The van der Waals surface area contributed by atoms with Crippen LogP contribution in [0.3, 0.4) is 0 Å². The van der Waals surface area contributed by atoms with Gasteiger partial charge in [-0.3, -0.25) is 0 Å². The summed E-state index contributed by atoms with van der Waals surface area (Å²) in [5.41, 5.74) is 3.90. The van der Waals surface area contributed by atoms with E-state index in [4.69, 9.17) is 0 Å². The normalized spacial score (nSPS) is 10.7. The van der Waals surface area contributed by atoms with Gasteiger partial charge in [0.25, 0.3) is 0 Å². The van der Waals surface area contributed by atoms with Crippen LogP contribution in [0.5, 0.6) is 0 Å². The summed E-state index contributed by atoms with van der Waals surface area (Å²) in [5, 5.41) is 3.29. The number of halogens is 2. The van der Waals surface area contributed by atoms with E-state index in [-0.39, 0.29) is 5.82 Å². The zero-order chi connectivity index (χ0) is 13.8. The molecule has 0 radical (unpaired) electrons. The van der Waals surface area contributed by atoms with Gasteiger partial charge in [0, 0.05) is 16.6 Å². The Balaban J connectivity index is 2.37. The Bertz CT molecular complexity index is 581. The third kappa shape index (κ3) is 3.43. The van der Waals surface area contributed by atoms with Crippen LogP contribution in [-0.4, -0.2) is 6.54 Å². The van der Waals surface area contributed by atoms with Crippen LogP contribution in [0, 0.1) is 12.7 Å². The molecule has 0 bridgehead atoms. The molecule has 1 N–H and O–H groups in total. The van der Waals surface area contributed by atoms with E-state index in [0.29, 0.717) is 5.56 Å². The predicted octanol–water partition coefficient (Wildman–Crippen LogP) is 4.67. The highest BCUT2D eigenvalue weighted by Crippen LogP contribution is 2.29. The first-order valence-electron chi connectivity index (χ1n) is 6.37. The molecule has 0 aromatic heterocycles. The van der Waals surface area contributed by atoms with E-state index in [0.717, 1.165) is 28.7 Å². The Labute approximate surface area is 122 Å². The molecule has 1 nitrogen and oxygen atoms in total. The van der Waals surface area contributed by atoms with Crippen LogP contribution in [-0.2, 0) is 6.54 Å². The van der Waals surface area contributed by atoms with Crippen molar-refractivity contribution in [1.29, 1.82) is 0 Å². The third-order valence-corrected chi connectivity index (χ3v) is 3.58. The van der Waals surface area contributed by atoms with E-state index in [1.165, 1.54) is 11.6 Å². The van der Waals surface area contributed by atoms with E-state index in [1.807, 2.05) is 25.1 Å². The highest BCUT2D eigenvalue weighted by Gasteiger charge is 2.08. The van der Waals surface area contributed by atoms with Gasteiger partial charge in [0.05, 0.1) is 0 Å². The first-order chi connectivity index (χ1) is 9.11. The number of hydrogen-bond acceptors (Lipinski definition) is 1. The summed E-state index contributed by atoms with van der Waals surface area (Å²) in [6.07, 6.45) is 0. The van der Waals surface area contributed by atoms with Crippen molar-refractivity contribution in [3.05, 3.63) is 57.8 Å². The van der Waals surface area contributed by atoms with Crippen molar-refractivity contribution in [2.24, 2.45) is 0 Å². The van der Waals surface area contributed by atoms with Gasteiger partial charge in [0.1, 0.15) is 5.82 Å². The summed E-state index contributed by atoms with van der Waals surface area (Å²) >= 11 is 3.39. The van der Waals surface area contributed by atoms with Crippen molar-refractivity contribution in [3.63, 3.8) is 0 Å². The molecule has 100 valence electrons. The number of nitrogens with one attached hydrogen (secondary N) is 1. The first-order valence-corrected chi connectivity index (χ1v) is 7.16. The molecule has 2 aromatic carbocycles.